The van der Waals surface area contributed by atoms with E-state index in [2.05, 4.69) is 4.98 Å². The number of aromatic nitrogens is 1. The van der Waals surface area contributed by atoms with Gasteiger partial charge in [0.2, 0.25) is 0 Å². The predicted molar refractivity (Wildman–Crippen MR) is 68.6 cm³/mol. The number of methoxy groups -OCH3 is 1. The molecule has 0 radical (unpaired) electrons. The predicted octanol–water partition coefficient (Wildman–Crippen LogP) is 4.07. The molecular formula is C12H10ClNOS. The lowest BCUT2D eigenvalue weighted by Crippen LogP contribution is -1.87. The van der Waals surface area contributed by atoms with E-state index in [1.165, 1.54) is 0 Å². The summed E-state index contributed by atoms with van der Waals surface area (Å²) in [6, 6.07) is 11.3. The van der Waals surface area contributed by atoms with Crippen LogP contribution >= 0.6 is 23.8 Å². The van der Waals surface area contributed by atoms with E-state index in [1.54, 1.807) is 13.2 Å². The number of hydrogen-bond donors (Lipinski definition) is 1. The SMILES string of the molecule is COc1cc(-c2cccc(=S)[nH]2)ccc1Cl. The molecule has 2 aromatic rings. The Balaban J connectivity index is 2.52. The van der Waals surface area contributed by atoms with Gasteiger partial charge in [-0.05, 0) is 24.3 Å². The van der Waals surface area contributed by atoms with Crippen LogP contribution in [-0.2, 0) is 0 Å². The highest BCUT2D eigenvalue weighted by Crippen LogP contribution is 2.29. The van der Waals surface area contributed by atoms with Gasteiger partial charge >= 0.3 is 0 Å². The fourth-order valence-electron chi connectivity index (χ4n) is 1.44. The lowest BCUT2D eigenvalue weighted by atomic mass is 10.1. The second-order valence-corrected chi connectivity index (χ2v) is 4.13. The highest BCUT2D eigenvalue weighted by molar-refractivity contribution is 7.71. The average molecular weight is 252 g/mol. The van der Waals surface area contributed by atoms with Crippen LogP contribution in [0.3, 0.4) is 0 Å². The summed E-state index contributed by atoms with van der Waals surface area (Å²) in [6.45, 7) is 0. The first-order chi connectivity index (χ1) is 7.70. The van der Waals surface area contributed by atoms with Crippen molar-refractivity contribution >= 4 is 23.8 Å². The van der Waals surface area contributed by atoms with Crippen LogP contribution in [0, 0.1) is 4.64 Å². The number of halogens is 1. The van der Waals surface area contributed by atoms with E-state index >= 15 is 0 Å². The van der Waals surface area contributed by atoms with E-state index < -0.39 is 0 Å². The summed E-state index contributed by atoms with van der Waals surface area (Å²) in [5.41, 5.74) is 1.94. The first-order valence-electron chi connectivity index (χ1n) is 4.74. The summed E-state index contributed by atoms with van der Waals surface area (Å²) >= 11 is 11.0. The highest BCUT2D eigenvalue weighted by Gasteiger charge is 2.03. The van der Waals surface area contributed by atoms with Crippen molar-refractivity contribution in [2.45, 2.75) is 0 Å². The molecule has 0 aliphatic carbocycles. The molecule has 82 valence electrons. The quantitative estimate of drug-likeness (QED) is 0.814. The lowest BCUT2D eigenvalue weighted by molar-refractivity contribution is 0.415. The Morgan fingerprint density at radius 1 is 1.25 bits per heavy atom. The maximum Gasteiger partial charge on any atom is 0.138 e. The molecule has 0 unspecified atom stereocenters. The normalized spacial score (nSPS) is 10.1. The Morgan fingerprint density at radius 3 is 2.75 bits per heavy atom. The number of aromatic amines is 1. The zero-order valence-corrected chi connectivity index (χ0v) is 10.2. The third kappa shape index (κ3) is 2.26. The van der Waals surface area contributed by atoms with Crippen LogP contribution in [0.15, 0.2) is 36.4 Å². The van der Waals surface area contributed by atoms with Crippen molar-refractivity contribution in [2.24, 2.45) is 0 Å². The summed E-state index contributed by atoms with van der Waals surface area (Å²) in [5.74, 6) is 0.655. The number of rotatable bonds is 2. The van der Waals surface area contributed by atoms with Crippen LogP contribution in [0.1, 0.15) is 0 Å². The van der Waals surface area contributed by atoms with Crippen molar-refractivity contribution in [3.63, 3.8) is 0 Å². The van der Waals surface area contributed by atoms with Crippen molar-refractivity contribution in [1.82, 2.24) is 4.98 Å². The molecule has 4 heteroatoms. The molecule has 0 amide bonds. The van der Waals surface area contributed by atoms with Crippen molar-refractivity contribution in [3.05, 3.63) is 46.1 Å². The topological polar surface area (TPSA) is 25.0 Å². The number of nitrogens with one attached hydrogen (secondary N) is 1. The van der Waals surface area contributed by atoms with E-state index in [4.69, 9.17) is 28.6 Å². The summed E-state index contributed by atoms with van der Waals surface area (Å²) in [4.78, 5) is 3.11. The van der Waals surface area contributed by atoms with Crippen LogP contribution in [0.25, 0.3) is 11.3 Å². The fourth-order valence-corrected chi connectivity index (χ4v) is 1.83. The molecule has 0 fully saturated rings. The first kappa shape index (κ1) is 11.2. The van der Waals surface area contributed by atoms with Crippen molar-refractivity contribution in [1.29, 1.82) is 0 Å². The lowest BCUT2D eigenvalue weighted by Gasteiger charge is -2.06. The Morgan fingerprint density at radius 2 is 2.06 bits per heavy atom. The molecule has 1 heterocycles. The third-order valence-electron chi connectivity index (χ3n) is 2.23. The van der Waals surface area contributed by atoms with Crippen LogP contribution in [0.2, 0.25) is 5.02 Å². The van der Waals surface area contributed by atoms with E-state index in [0.717, 1.165) is 11.3 Å². The number of pyridine rings is 1. The summed E-state index contributed by atoms with van der Waals surface area (Å²) < 4.78 is 5.87. The molecular weight excluding hydrogens is 242 g/mol. The second kappa shape index (κ2) is 4.68. The van der Waals surface area contributed by atoms with E-state index in [1.807, 2.05) is 30.3 Å². The second-order valence-electron chi connectivity index (χ2n) is 3.28. The summed E-state index contributed by atoms with van der Waals surface area (Å²) in [7, 11) is 1.60. The van der Waals surface area contributed by atoms with Gasteiger partial charge in [-0.15, -0.1) is 0 Å². The number of ether oxygens (including phenoxy) is 1. The van der Waals surface area contributed by atoms with Gasteiger partial charge in [-0.1, -0.05) is 36.0 Å². The molecule has 1 aromatic heterocycles. The van der Waals surface area contributed by atoms with Gasteiger partial charge in [-0.25, -0.2) is 0 Å². The zero-order valence-electron chi connectivity index (χ0n) is 8.66. The van der Waals surface area contributed by atoms with Crippen molar-refractivity contribution in [3.8, 4) is 17.0 Å². The van der Waals surface area contributed by atoms with Gasteiger partial charge in [0.25, 0.3) is 0 Å². The average Bonchev–Trinajstić information content (AvgIpc) is 2.29. The molecule has 1 N–H and O–H groups in total. The zero-order chi connectivity index (χ0) is 11.5. The van der Waals surface area contributed by atoms with Crippen LogP contribution in [0.4, 0.5) is 0 Å². The molecule has 2 nitrogen and oxygen atoms in total. The fraction of sp³-hybridized carbons (Fsp3) is 0.0833. The van der Waals surface area contributed by atoms with Crippen LogP contribution in [0.5, 0.6) is 5.75 Å². The van der Waals surface area contributed by atoms with Crippen molar-refractivity contribution in [2.75, 3.05) is 7.11 Å². The molecule has 0 saturated carbocycles. The van der Waals surface area contributed by atoms with Crippen LogP contribution in [-0.4, -0.2) is 12.1 Å². The molecule has 2 rings (SSSR count). The molecule has 0 saturated heterocycles. The Hall–Kier alpha value is -1.32. The van der Waals surface area contributed by atoms with Crippen LogP contribution < -0.4 is 4.74 Å². The minimum Gasteiger partial charge on any atom is -0.495 e. The number of benzene rings is 1. The smallest absolute Gasteiger partial charge is 0.138 e. The van der Waals surface area contributed by atoms with Gasteiger partial charge in [0, 0.05) is 11.3 Å². The Bertz CT molecular complexity index is 565. The molecule has 16 heavy (non-hydrogen) atoms. The van der Waals surface area contributed by atoms with E-state index in [-0.39, 0.29) is 0 Å². The van der Waals surface area contributed by atoms with Gasteiger partial charge in [0.15, 0.2) is 0 Å². The minimum absolute atomic E-state index is 0.598. The monoisotopic (exact) mass is 251 g/mol. The van der Waals surface area contributed by atoms with Gasteiger partial charge < -0.3 is 9.72 Å². The van der Waals surface area contributed by atoms with Crippen molar-refractivity contribution < 1.29 is 4.74 Å². The minimum atomic E-state index is 0.598. The standard InChI is InChI=1S/C12H10ClNOS/c1-15-11-7-8(5-6-9(11)13)10-3-2-4-12(16)14-10/h2-7H,1H3,(H,14,16). The van der Waals surface area contributed by atoms with E-state index in [9.17, 15) is 0 Å². The van der Waals surface area contributed by atoms with Gasteiger partial charge in [-0.2, -0.15) is 0 Å². The largest absolute Gasteiger partial charge is 0.495 e. The Kier molecular flexibility index (Phi) is 3.27. The number of hydrogen-bond acceptors (Lipinski definition) is 2. The maximum atomic E-state index is 5.96. The summed E-state index contributed by atoms with van der Waals surface area (Å²) in [5, 5.41) is 0.598. The van der Waals surface area contributed by atoms with Gasteiger partial charge in [0.1, 0.15) is 10.4 Å². The number of H-pyrrole nitrogens is 1. The van der Waals surface area contributed by atoms with Gasteiger partial charge in [0.05, 0.1) is 12.1 Å². The Labute approximate surface area is 104 Å². The molecule has 0 spiro atoms. The third-order valence-corrected chi connectivity index (χ3v) is 2.78. The first-order valence-corrected chi connectivity index (χ1v) is 5.52. The summed E-state index contributed by atoms with van der Waals surface area (Å²) in [6.07, 6.45) is 0. The molecule has 1 aromatic carbocycles. The highest BCUT2D eigenvalue weighted by atomic mass is 35.5. The molecule has 0 bridgehead atoms. The maximum absolute atomic E-state index is 5.96. The molecule has 0 atom stereocenters. The molecule has 0 aliphatic rings. The molecule has 0 aliphatic heterocycles. The van der Waals surface area contributed by atoms with E-state index in [0.29, 0.717) is 15.4 Å². The van der Waals surface area contributed by atoms with Gasteiger partial charge in [-0.3, -0.25) is 0 Å².